The average Bonchev–Trinajstić information content (AvgIpc) is 3.43. The van der Waals surface area contributed by atoms with Crippen molar-refractivity contribution in [1.29, 1.82) is 0 Å². The maximum absolute atomic E-state index is 14.0. The molecule has 2 fully saturated rings. The summed E-state index contributed by atoms with van der Waals surface area (Å²) in [5.74, 6) is -0.885. The van der Waals surface area contributed by atoms with Crippen molar-refractivity contribution in [3.8, 4) is 11.5 Å². The van der Waals surface area contributed by atoms with E-state index in [0.29, 0.717) is 66.8 Å². The third kappa shape index (κ3) is 6.38. The number of benzene rings is 1. The zero-order chi connectivity index (χ0) is 27.6. The van der Waals surface area contributed by atoms with Gasteiger partial charge in [-0.2, -0.15) is 8.78 Å². The van der Waals surface area contributed by atoms with Crippen LogP contribution in [0.15, 0.2) is 47.0 Å². The molecule has 0 atom stereocenters. The third-order valence-corrected chi connectivity index (χ3v) is 9.95. The van der Waals surface area contributed by atoms with Crippen LogP contribution in [0.25, 0.3) is 11.5 Å². The van der Waals surface area contributed by atoms with E-state index < -0.39 is 33.8 Å². The van der Waals surface area contributed by atoms with E-state index >= 15 is 0 Å². The van der Waals surface area contributed by atoms with Crippen LogP contribution in [0, 0.1) is 0 Å². The molecule has 2 aromatic heterocycles. The van der Waals surface area contributed by atoms with Crippen LogP contribution in [-0.2, 0) is 16.6 Å². The zero-order valence-corrected chi connectivity index (χ0v) is 22.7. The lowest BCUT2D eigenvalue weighted by molar-refractivity contribution is 0.103. The van der Waals surface area contributed by atoms with Crippen molar-refractivity contribution >= 4 is 27.3 Å². The van der Waals surface area contributed by atoms with E-state index in [0.717, 1.165) is 12.8 Å². The molecule has 13 heteroatoms. The number of hydrogen-bond donors (Lipinski definition) is 0. The zero-order valence-electron chi connectivity index (χ0n) is 21.1. The van der Waals surface area contributed by atoms with Crippen molar-refractivity contribution in [3.05, 3.63) is 59.2 Å². The highest BCUT2D eigenvalue weighted by Gasteiger charge is 2.37. The number of pyridine rings is 1. The van der Waals surface area contributed by atoms with Gasteiger partial charge < -0.3 is 9.32 Å². The number of alkyl halides is 3. The summed E-state index contributed by atoms with van der Waals surface area (Å²) in [5, 5.41) is 6.75. The van der Waals surface area contributed by atoms with Crippen molar-refractivity contribution < 1.29 is 26.0 Å². The van der Waals surface area contributed by atoms with Crippen molar-refractivity contribution in [2.75, 3.05) is 17.4 Å². The highest BCUT2D eigenvalue weighted by atomic mass is 35.5. The smallest absolute Gasteiger partial charge is 0.314 e. The van der Waals surface area contributed by atoms with Crippen molar-refractivity contribution in [1.82, 2.24) is 20.1 Å². The first kappa shape index (κ1) is 27.9. The van der Waals surface area contributed by atoms with E-state index in [-0.39, 0.29) is 12.4 Å². The molecule has 39 heavy (non-hydrogen) atoms. The average molecular weight is 584 g/mol. The Bertz CT molecular complexity index is 1360. The minimum absolute atomic E-state index is 0.0458. The summed E-state index contributed by atoms with van der Waals surface area (Å²) in [6.45, 7) is 1.25. The number of aromatic nitrogens is 3. The van der Waals surface area contributed by atoms with Crippen LogP contribution in [0.4, 0.5) is 18.9 Å². The molecule has 0 amide bonds. The van der Waals surface area contributed by atoms with Gasteiger partial charge in [-0.15, -0.1) is 10.2 Å². The maximum Gasteiger partial charge on any atom is 0.314 e. The SMILES string of the molecule is O=S(=O)(C1CCN(C2CCC(F)CC2)CC1)N(Cc1ccc(-c2nnc(C(F)F)o2)cn1)c1cccc(Cl)c1. The summed E-state index contributed by atoms with van der Waals surface area (Å²) in [6.07, 6.45) is 1.47. The molecular weight excluding hydrogens is 555 g/mol. The van der Waals surface area contributed by atoms with E-state index in [1.54, 1.807) is 36.4 Å². The van der Waals surface area contributed by atoms with Gasteiger partial charge in [0.15, 0.2) is 0 Å². The van der Waals surface area contributed by atoms with E-state index in [1.165, 1.54) is 10.5 Å². The molecular formula is C26H29ClF3N5O3S. The van der Waals surface area contributed by atoms with Crippen LogP contribution in [0.1, 0.15) is 56.5 Å². The third-order valence-electron chi connectivity index (χ3n) is 7.45. The predicted molar refractivity (Wildman–Crippen MR) is 141 cm³/mol. The first-order chi connectivity index (χ1) is 18.7. The summed E-state index contributed by atoms with van der Waals surface area (Å²) in [6, 6.07) is 10.1. The van der Waals surface area contributed by atoms with Crippen LogP contribution >= 0.6 is 11.6 Å². The van der Waals surface area contributed by atoms with Crippen LogP contribution in [0.3, 0.4) is 0 Å². The fourth-order valence-corrected chi connectivity index (χ4v) is 7.38. The van der Waals surface area contributed by atoms with Gasteiger partial charge >= 0.3 is 6.43 Å². The topological polar surface area (TPSA) is 92.4 Å². The lowest BCUT2D eigenvalue weighted by Crippen LogP contribution is -2.49. The Balaban J connectivity index is 1.33. The normalized spacial score (nSPS) is 21.4. The van der Waals surface area contributed by atoms with Gasteiger partial charge in [0, 0.05) is 17.3 Å². The summed E-state index contributed by atoms with van der Waals surface area (Å²) >= 11 is 6.21. The number of hydrogen-bond acceptors (Lipinski definition) is 7. The van der Waals surface area contributed by atoms with E-state index in [9.17, 15) is 21.6 Å². The Morgan fingerprint density at radius 2 is 1.79 bits per heavy atom. The molecule has 3 heterocycles. The number of sulfonamides is 1. The van der Waals surface area contributed by atoms with E-state index in [1.807, 2.05) is 0 Å². The highest BCUT2D eigenvalue weighted by molar-refractivity contribution is 7.93. The first-order valence-corrected chi connectivity index (χ1v) is 14.8. The molecule has 8 nitrogen and oxygen atoms in total. The van der Waals surface area contributed by atoms with Gasteiger partial charge in [0.1, 0.15) is 6.17 Å². The van der Waals surface area contributed by atoms with Crippen molar-refractivity contribution in [3.63, 3.8) is 0 Å². The van der Waals surface area contributed by atoms with Gasteiger partial charge in [-0.1, -0.05) is 17.7 Å². The molecule has 1 aliphatic heterocycles. The van der Waals surface area contributed by atoms with Gasteiger partial charge in [0.05, 0.1) is 28.7 Å². The Morgan fingerprint density at radius 3 is 2.41 bits per heavy atom. The predicted octanol–water partition coefficient (Wildman–Crippen LogP) is 5.80. The van der Waals surface area contributed by atoms with Gasteiger partial charge in [-0.25, -0.2) is 12.8 Å². The van der Waals surface area contributed by atoms with Crippen LogP contribution in [0.5, 0.6) is 0 Å². The quantitative estimate of drug-likeness (QED) is 0.331. The molecule has 0 unspecified atom stereocenters. The molecule has 1 saturated heterocycles. The second kappa shape index (κ2) is 11.8. The van der Waals surface area contributed by atoms with Crippen LogP contribution in [-0.4, -0.2) is 59.1 Å². The standard InChI is InChI=1S/C26H29ClF3N5O3S/c27-18-2-1-3-22(14-18)35(16-20-7-4-17(15-31-20)25-32-33-26(38-25)24(29)30)39(36,37)23-10-12-34(13-11-23)21-8-5-19(28)6-9-21/h1-4,7,14-15,19,21,23-24H,5-6,8-13,16H2. The second-order valence-electron chi connectivity index (χ2n) is 9.96. The van der Waals surface area contributed by atoms with Gasteiger partial charge in [0.25, 0.3) is 5.89 Å². The maximum atomic E-state index is 14.0. The summed E-state index contributed by atoms with van der Waals surface area (Å²) in [7, 11) is -3.80. The molecule has 1 aromatic carbocycles. The molecule has 0 bridgehead atoms. The van der Waals surface area contributed by atoms with E-state index in [2.05, 4.69) is 20.1 Å². The molecule has 0 spiro atoms. The fourth-order valence-electron chi connectivity index (χ4n) is 5.31. The molecule has 3 aromatic rings. The van der Waals surface area contributed by atoms with Crippen LogP contribution < -0.4 is 4.31 Å². The van der Waals surface area contributed by atoms with Crippen molar-refractivity contribution in [2.24, 2.45) is 0 Å². The Morgan fingerprint density at radius 1 is 1.05 bits per heavy atom. The number of likely N-dealkylation sites (tertiary alicyclic amines) is 1. The Kier molecular flexibility index (Phi) is 8.43. The molecule has 5 rings (SSSR count). The molecule has 2 aliphatic rings. The highest BCUT2D eigenvalue weighted by Crippen LogP contribution is 2.32. The molecule has 0 N–H and O–H groups in total. The number of rotatable bonds is 8. The lowest BCUT2D eigenvalue weighted by atomic mass is 9.91. The van der Waals surface area contributed by atoms with Gasteiger partial charge in [0.2, 0.25) is 15.9 Å². The Labute approximate surface area is 230 Å². The number of nitrogens with zero attached hydrogens (tertiary/aromatic N) is 5. The lowest BCUT2D eigenvalue weighted by Gasteiger charge is -2.40. The van der Waals surface area contributed by atoms with Gasteiger partial charge in [-0.05, 0) is 81.9 Å². The van der Waals surface area contributed by atoms with Crippen molar-refractivity contribution in [2.45, 2.75) is 69.0 Å². The van der Waals surface area contributed by atoms with Crippen LogP contribution in [0.2, 0.25) is 5.02 Å². The monoisotopic (exact) mass is 583 g/mol. The second-order valence-corrected chi connectivity index (χ2v) is 12.5. The molecule has 1 saturated carbocycles. The summed E-state index contributed by atoms with van der Waals surface area (Å²) in [4.78, 5) is 6.65. The first-order valence-electron chi connectivity index (χ1n) is 12.9. The largest absolute Gasteiger partial charge is 0.415 e. The Hall–Kier alpha value is -2.70. The number of anilines is 1. The molecule has 1 aliphatic carbocycles. The van der Waals surface area contributed by atoms with E-state index in [4.69, 9.17) is 16.0 Å². The summed E-state index contributed by atoms with van der Waals surface area (Å²) < 4.78 is 73.4. The number of piperidine rings is 1. The minimum Gasteiger partial charge on any atom is -0.415 e. The molecule has 0 radical (unpaired) electrons. The fraction of sp³-hybridized carbons (Fsp3) is 0.500. The minimum atomic E-state index is -3.80. The summed E-state index contributed by atoms with van der Waals surface area (Å²) in [5.41, 5.74) is 1.20. The number of halogens is 4. The van der Waals surface area contributed by atoms with Gasteiger partial charge in [-0.3, -0.25) is 9.29 Å². The molecule has 210 valence electrons.